The Hall–Kier alpha value is -1.81. The first-order valence-electron chi connectivity index (χ1n) is 7.74. The molecule has 3 rings (SSSR count). The van der Waals surface area contributed by atoms with Crippen molar-refractivity contribution in [3.63, 3.8) is 0 Å². The highest BCUT2D eigenvalue weighted by atomic mass is 32.1. The van der Waals surface area contributed by atoms with Crippen molar-refractivity contribution in [1.29, 1.82) is 0 Å². The van der Waals surface area contributed by atoms with Crippen LogP contribution in [0.1, 0.15) is 51.5 Å². The molecule has 1 amide bonds. The number of rotatable bonds is 4. The van der Waals surface area contributed by atoms with Crippen molar-refractivity contribution >= 4 is 17.2 Å². The van der Waals surface area contributed by atoms with Gasteiger partial charge in [0.2, 0.25) is 0 Å². The maximum atomic E-state index is 12.5. The molecule has 3 nitrogen and oxygen atoms in total. The van der Waals surface area contributed by atoms with E-state index < -0.39 is 0 Å². The fourth-order valence-corrected chi connectivity index (χ4v) is 4.13. The van der Waals surface area contributed by atoms with Gasteiger partial charge in [0.15, 0.2) is 0 Å². The van der Waals surface area contributed by atoms with Gasteiger partial charge in [0.25, 0.3) is 5.91 Å². The minimum absolute atomic E-state index is 0.0119. The summed E-state index contributed by atoms with van der Waals surface area (Å²) in [6.07, 6.45) is 4.71. The van der Waals surface area contributed by atoms with E-state index in [0.717, 1.165) is 29.0 Å². The van der Waals surface area contributed by atoms with Gasteiger partial charge >= 0.3 is 0 Å². The van der Waals surface area contributed by atoms with Crippen LogP contribution in [0.15, 0.2) is 30.3 Å². The Bertz CT molecular complexity index is 654. The molecule has 1 heterocycles. The molecule has 1 aliphatic rings. The lowest BCUT2D eigenvalue weighted by Gasteiger charge is -2.16. The third-order valence-electron chi connectivity index (χ3n) is 4.17. The molecular formula is C18H21NO2S. The van der Waals surface area contributed by atoms with Crippen molar-refractivity contribution in [1.82, 2.24) is 5.32 Å². The van der Waals surface area contributed by atoms with Crippen molar-refractivity contribution < 1.29 is 9.53 Å². The molecule has 1 unspecified atom stereocenters. The molecule has 0 saturated heterocycles. The van der Waals surface area contributed by atoms with E-state index in [2.05, 4.69) is 11.4 Å². The number of carbonyl (C=O) groups excluding carboxylic acids is 1. The number of hydrogen-bond donors (Lipinski definition) is 1. The third kappa shape index (κ3) is 3.02. The second-order valence-electron chi connectivity index (χ2n) is 5.70. The molecule has 0 radical (unpaired) electrons. The smallest absolute Gasteiger partial charge is 0.261 e. The molecule has 0 saturated carbocycles. The molecule has 0 aliphatic heterocycles. The standard InChI is InChI=1S/C18H21NO2S/c1-12(14-8-4-5-9-15(14)21-2)19-18(20)17-11-13-7-3-6-10-16(13)22-17/h4-5,8-9,11-12H,3,6-7,10H2,1-2H3,(H,19,20). The number of para-hydroxylation sites is 1. The first-order chi connectivity index (χ1) is 10.7. The highest BCUT2D eigenvalue weighted by Gasteiger charge is 2.19. The molecule has 2 aromatic rings. The average Bonchev–Trinajstić information content (AvgIpc) is 2.99. The molecule has 1 atom stereocenters. The van der Waals surface area contributed by atoms with Crippen LogP contribution in [0.25, 0.3) is 0 Å². The predicted octanol–water partition coefficient (Wildman–Crippen LogP) is 4.13. The third-order valence-corrected chi connectivity index (χ3v) is 5.41. The average molecular weight is 315 g/mol. The Balaban J connectivity index is 1.74. The van der Waals surface area contributed by atoms with Crippen LogP contribution in [0.3, 0.4) is 0 Å². The van der Waals surface area contributed by atoms with Crippen LogP contribution in [0, 0.1) is 0 Å². The molecule has 0 spiro atoms. The van der Waals surface area contributed by atoms with Crippen molar-refractivity contribution in [3.8, 4) is 5.75 Å². The van der Waals surface area contributed by atoms with Gasteiger partial charge in [-0.3, -0.25) is 4.79 Å². The Kier molecular flexibility index (Phi) is 4.48. The lowest BCUT2D eigenvalue weighted by atomic mass is 9.99. The summed E-state index contributed by atoms with van der Waals surface area (Å²) in [5, 5.41) is 3.09. The number of thiophene rings is 1. The van der Waals surface area contributed by atoms with Gasteiger partial charge in [0.1, 0.15) is 5.75 Å². The first kappa shape index (κ1) is 15.1. The Labute approximate surface area is 135 Å². The van der Waals surface area contributed by atoms with Crippen LogP contribution in [-0.4, -0.2) is 13.0 Å². The van der Waals surface area contributed by atoms with Crippen molar-refractivity contribution in [2.45, 2.75) is 38.6 Å². The number of nitrogens with one attached hydrogen (secondary N) is 1. The van der Waals surface area contributed by atoms with Gasteiger partial charge in [-0.15, -0.1) is 11.3 Å². The lowest BCUT2D eigenvalue weighted by Crippen LogP contribution is -2.26. The van der Waals surface area contributed by atoms with Gasteiger partial charge in [0.05, 0.1) is 18.0 Å². The second-order valence-corrected chi connectivity index (χ2v) is 6.84. The van der Waals surface area contributed by atoms with E-state index in [1.54, 1.807) is 18.4 Å². The van der Waals surface area contributed by atoms with Crippen LogP contribution in [0.4, 0.5) is 0 Å². The van der Waals surface area contributed by atoms with Gasteiger partial charge < -0.3 is 10.1 Å². The number of benzene rings is 1. The normalized spacial score (nSPS) is 15.0. The fourth-order valence-electron chi connectivity index (χ4n) is 2.97. The summed E-state index contributed by atoms with van der Waals surface area (Å²) in [6.45, 7) is 1.99. The molecule has 1 aliphatic carbocycles. The van der Waals surface area contributed by atoms with Gasteiger partial charge in [-0.2, -0.15) is 0 Å². The summed E-state index contributed by atoms with van der Waals surface area (Å²) >= 11 is 1.65. The first-order valence-corrected chi connectivity index (χ1v) is 8.56. The number of ether oxygens (including phenoxy) is 1. The maximum absolute atomic E-state index is 12.5. The minimum Gasteiger partial charge on any atom is -0.496 e. The fraction of sp³-hybridized carbons (Fsp3) is 0.389. The highest BCUT2D eigenvalue weighted by Crippen LogP contribution is 2.30. The highest BCUT2D eigenvalue weighted by molar-refractivity contribution is 7.14. The van der Waals surface area contributed by atoms with Gasteiger partial charge in [0, 0.05) is 10.4 Å². The Morgan fingerprint density at radius 1 is 1.27 bits per heavy atom. The zero-order valence-corrected chi connectivity index (χ0v) is 13.8. The van der Waals surface area contributed by atoms with Crippen molar-refractivity contribution in [2.75, 3.05) is 7.11 Å². The van der Waals surface area contributed by atoms with Crippen LogP contribution in [0.2, 0.25) is 0 Å². The molecule has 116 valence electrons. The Morgan fingerprint density at radius 3 is 2.82 bits per heavy atom. The van der Waals surface area contributed by atoms with Gasteiger partial charge in [-0.05, 0) is 50.3 Å². The van der Waals surface area contributed by atoms with Gasteiger partial charge in [-0.1, -0.05) is 18.2 Å². The summed E-state index contributed by atoms with van der Waals surface area (Å²) in [6, 6.07) is 9.80. The number of hydrogen-bond acceptors (Lipinski definition) is 3. The molecular weight excluding hydrogens is 294 g/mol. The number of aryl methyl sites for hydroxylation is 2. The molecule has 0 bridgehead atoms. The van der Waals surface area contributed by atoms with E-state index in [4.69, 9.17) is 4.74 Å². The van der Waals surface area contributed by atoms with E-state index in [1.807, 2.05) is 31.2 Å². The van der Waals surface area contributed by atoms with Gasteiger partial charge in [-0.25, -0.2) is 0 Å². The monoisotopic (exact) mass is 315 g/mol. The lowest BCUT2D eigenvalue weighted by molar-refractivity contribution is 0.0943. The van der Waals surface area contributed by atoms with E-state index in [-0.39, 0.29) is 11.9 Å². The quantitative estimate of drug-likeness (QED) is 0.921. The topological polar surface area (TPSA) is 38.3 Å². The number of methoxy groups -OCH3 is 1. The van der Waals surface area contributed by atoms with Crippen molar-refractivity contribution in [3.05, 3.63) is 51.2 Å². The predicted molar refractivity (Wildman–Crippen MR) is 89.8 cm³/mol. The van der Waals surface area contributed by atoms with E-state index >= 15 is 0 Å². The van der Waals surface area contributed by atoms with Crippen LogP contribution >= 0.6 is 11.3 Å². The largest absolute Gasteiger partial charge is 0.496 e. The number of fused-ring (bicyclic) bond motifs is 1. The molecule has 1 aromatic carbocycles. The summed E-state index contributed by atoms with van der Waals surface area (Å²) < 4.78 is 5.37. The van der Waals surface area contributed by atoms with E-state index in [0.29, 0.717) is 0 Å². The molecule has 4 heteroatoms. The zero-order chi connectivity index (χ0) is 15.5. The maximum Gasteiger partial charge on any atom is 0.261 e. The minimum atomic E-state index is -0.0808. The van der Waals surface area contributed by atoms with E-state index in [9.17, 15) is 4.79 Å². The van der Waals surface area contributed by atoms with Crippen LogP contribution in [0.5, 0.6) is 5.75 Å². The second kappa shape index (κ2) is 6.53. The molecule has 22 heavy (non-hydrogen) atoms. The van der Waals surface area contributed by atoms with Crippen LogP contribution in [-0.2, 0) is 12.8 Å². The van der Waals surface area contributed by atoms with Crippen molar-refractivity contribution in [2.24, 2.45) is 0 Å². The van der Waals surface area contributed by atoms with E-state index in [1.165, 1.54) is 23.3 Å². The SMILES string of the molecule is COc1ccccc1C(C)NC(=O)c1cc2c(s1)CCCC2. The molecule has 1 N–H and O–H groups in total. The molecule has 1 aromatic heterocycles. The summed E-state index contributed by atoms with van der Waals surface area (Å²) in [4.78, 5) is 14.7. The number of carbonyl (C=O) groups is 1. The Morgan fingerprint density at radius 2 is 2.05 bits per heavy atom. The zero-order valence-electron chi connectivity index (χ0n) is 13.0. The van der Waals surface area contributed by atoms with Crippen LogP contribution < -0.4 is 10.1 Å². The summed E-state index contributed by atoms with van der Waals surface area (Å²) in [7, 11) is 1.65. The number of amides is 1. The molecule has 0 fully saturated rings. The summed E-state index contributed by atoms with van der Waals surface area (Å²) in [5.74, 6) is 0.818. The summed E-state index contributed by atoms with van der Waals surface area (Å²) in [5.41, 5.74) is 2.37.